The Morgan fingerprint density at radius 3 is 2.84 bits per heavy atom. The number of halogens is 1. The van der Waals surface area contributed by atoms with Crippen molar-refractivity contribution in [1.82, 2.24) is 4.57 Å². The van der Waals surface area contributed by atoms with Gasteiger partial charge < -0.3 is 9.30 Å². The topological polar surface area (TPSA) is 43.6 Å². The van der Waals surface area contributed by atoms with Crippen molar-refractivity contribution >= 4 is 39.1 Å². The van der Waals surface area contributed by atoms with E-state index in [1.165, 1.54) is 11.3 Å². The number of benzene rings is 2. The summed E-state index contributed by atoms with van der Waals surface area (Å²) >= 11 is 7.84. The maximum Gasteiger partial charge on any atom is 0.279 e. The molecule has 130 valence electrons. The lowest BCUT2D eigenvalue weighted by Crippen LogP contribution is -2.20. The highest BCUT2D eigenvalue weighted by molar-refractivity contribution is 7.16. The molecular weight excluding hydrogens is 356 g/mol. The number of hydrogen-bond donors (Lipinski definition) is 0. The molecule has 4 nitrogen and oxygen atoms in total. The van der Waals surface area contributed by atoms with Gasteiger partial charge in [-0.1, -0.05) is 46.7 Å². The first-order valence-corrected chi connectivity index (χ1v) is 9.31. The molecule has 0 aliphatic rings. The molecule has 3 aromatic rings. The summed E-state index contributed by atoms with van der Waals surface area (Å²) in [4.78, 5) is 17.6. The second-order valence-electron chi connectivity index (χ2n) is 5.61. The standard InChI is InChI=1S/C19H19ClN2O2S/c1-3-24-11-10-22-17-15(20)8-5-9-16(17)25-19(22)21-18(23)14-7-4-6-13(2)12-14/h4-9,12H,3,10-11H2,1-2H3. The van der Waals surface area contributed by atoms with E-state index in [9.17, 15) is 4.79 Å². The summed E-state index contributed by atoms with van der Waals surface area (Å²) < 4.78 is 8.43. The number of thiazole rings is 1. The predicted molar refractivity (Wildman–Crippen MR) is 102 cm³/mol. The van der Waals surface area contributed by atoms with Crippen molar-refractivity contribution in [2.45, 2.75) is 20.4 Å². The molecule has 0 bridgehead atoms. The number of aromatic nitrogens is 1. The maximum atomic E-state index is 12.6. The van der Waals surface area contributed by atoms with Crippen molar-refractivity contribution in [2.75, 3.05) is 13.2 Å². The van der Waals surface area contributed by atoms with E-state index in [2.05, 4.69) is 4.99 Å². The van der Waals surface area contributed by atoms with Gasteiger partial charge in [0.15, 0.2) is 4.80 Å². The summed E-state index contributed by atoms with van der Waals surface area (Å²) in [5, 5.41) is 0.648. The van der Waals surface area contributed by atoms with Crippen LogP contribution in [-0.4, -0.2) is 23.7 Å². The van der Waals surface area contributed by atoms with Gasteiger partial charge in [-0.3, -0.25) is 4.79 Å². The average Bonchev–Trinajstić information content (AvgIpc) is 2.94. The fraction of sp³-hybridized carbons (Fsp3) is 0.263. The molecule has 3 rings (SSSR count). The van der Waals surface area contributed by atoms with E-state index in [4.69, 9.17) is 16.3 Å². The Morgan fingerprint density at radius 1 is 1.28 bits per heavy atom. The number of ether oxygens (including phenoxy) is 1. The molecule has 0 saturated heterocycles. The van der Waals surface area contributed by atoms with Gasteiger partial charge in [0.25, 0.3) is 5.91 Å². The Kier molecular flexibility index (Phi) is 5.68. The van der Waals surface area contributed by atoms with Crippen LogP contribution in [0.15, 0.2) is 47.5 Å². The monoisotopic (exact) mass is 374 g/mol. The first kappa shape index (κ1) is 17.9. The van der Waals surface area contributed by atoms with Crippen LogP contribution < -0.4 is 4.80 Å². The van der Waals surface area contributed by atoms with Gasteiger partial charge in [0, 0.05) is 18.7 Å². The Morgan fingerprint density at radius 2 is 2.08 bits per heavy atom. The number of amides is 1. The minimum Gasteiger partial charge on any atom is -0.380 e. The lowest BCUT2D eigenvalue weighted by atomic mass is 10.1. The number of hydrogen-bond acceptors (Lipinski definition) is 3. The lowest BCUT2D eigenvalue weighted by Gasteiger charge is -2.06. The van der Waals surface area contributed by atoms with Crippen molar-refractivity contribution in [1.29, 1.82) is 0 Å². The number of nitrogens with zero attached hydrogens (tertiary/aromatic N) is 2. The summed E-state index contributed by atoms with van der Waals surface area (Å²) in [6.07, 6.45) is 0. The smallest absolute Gasteiger partial charge is 0.279 e. The Labute approximate surface area is 155 Å². The highest BCUT2D eigenvalue weighted by Crippen LogP contribution is 2.25. The minimum absolute atomic E-state index is 0.253. The number of rotatable bonds is 5. The normalized spacial score (nSPS) is 12.0. The highest BCUT2D eigenvalue weighted by atomic mass is 35.5. The zero-order valence-electron chi connectivity index (χ0n) is 14.2. The molecule has 0 aliphatic heterocycles. The van der Waals surface area contributed by atoms with Crippen molar-refractivity contribution in [3.05, 3.63) is 63.4 Å². The number of carbonyl (C=O) groups is 1. The quantitative estimate of drug-likeness (QED) is 0.619. The molecule has 0 saturated carbocycles. The van der Waals surface area contributed by atoms with Gasteiger partial charge in [0.1, 0.15) is 0 Å². The van der Waals surface area contributed by atoms with Crippen molar-refractivity contribution < 1.29 is 9.53 Å². The van der Waals surface area contributed by atoms with Crippen LogP contribution in [0.4, 0.5) is 0 Å². The van der Waals surface area contributed by atoms with E-state index >= 15 is 0 Å². The average molecular weight is 375 g/mol. The van der Waals surface area contributed by atoms with E-state index in [0.29, 0.717) is 35.1 Å². The first-order chi connectivity index (χ1) is 12.1. The number of fused-ring (bicyclic) bond motifs is 1. The van der Waals surface area contributed by atoms with Crippen molar-refractivity contribution in [3.63, 3.8) is 0 Å². The van der Waals surface area contributed by atoms with Gasteiger partial charge in [-0.05, 0) is 38.1 Å². The number of aryl methyl sites for hydroxylation is 1. The molecular formula is C19H19ClN2O2S. The Balaban J connectivity index is 2.09. The number of carbonyl (C=O) groups excluding carboxylic acids is 1. The zero-order valence-corrected chi connectivity index (χ0v) is 15.7. The van der Waals surface area contributed by atoms with E-state index in [1.54, 1.807) is 6.07 Å². The van der Waals surface area contributed by atoms with E-state index in [-0.39, 0.29) is 5.91 Å². The summed E-state index contributed by atoms with van der Waals surface area (Å²) in [7, 11) is 0. The van der Waals surface area contributed by atoms with Gasteiger partial charge in [0.2, 0.25) is 0 Å². The molecule has 1 aromatic heterocycles. The van der Waals surface area contributed by atoms with Crippen molar-refractivity contribution in [3.8, 4) is 0 Å². The molecule has 0 radical (unpaired) electrons. The molecule has 0 fully saturated rings. The van der Waals surface area contributed by atoms with E-state index in [0.717, 1.165) is 15.8 Å². The molecule has 6 heteroatoms. The fourth-order valence-corrected chi connectivity index (χ4v) is 4.02. The third-order valence-corrected chi connectivity index (χ3v) is 5.13. The lowest BCUT2D eigenvalue weighted by molar-refractivity contribution is 0.0996. The first-order valence-electron chi connectivity index (χ1n) is 8.11. The maximum absolute atomic E-state index is 12.6. The van der Waals surface area contributed by atoms with Gasteiger partial charge in [-0.15, -0.1) is 0 Å². The minimum atomic E-state index is -0.253. The van der Waals surface area contributed by atoms with Crippen LogP contribution in [0, 0.1) is 6.92 Å². The third kappa shape index (κ3) is 4.00. The van der Waals surface area contributed by atoms with Crippen molar-refractivity contribution in [2.24, 2.45) is 4.99 Å². The molecule has 0 unspecified atom stereocenters. The van der Waals surface area contributed by atoms with E-state index < -0.39 is 0 Å². The molecule has 0 N–H and O–H groups in total. The molecule has 25 heavy (non-hydrogen) atoms. The largest absolute Gasteiger partial charge is 0.380 e. The van der Waals surface area contributed by atoms with Gasteiger partial charge in [0.05, 0.1) is 21.8 Å². The number of para-hydroxylation sites is 1. The van der Waals surface area contributed by atoms with Gasteiger partial charge in [-0.25, -0.2) is 0 Å². The predicted octanol–water partition coefficient (Wildman–Crippen LogP) is 4.44. The molecule has 1 heterocycles. The molecule has 0 aliphatic carbocycles. The van der Waals surface area contributed by atoms with Crippen LogP contribution in [0.2, 0.25) is 5.02 Å². The molecule has 0 atom stereocenters. The fourth-order valence-electron chi connectivity index (χ4n) is 2.61. The Hall–Kier alpha value is -1.95. The molecule has 2 aromatic carbocycles. The van der Waals surface area contributed by atoms with Crippen LogP contribution in [0.25, 0.3) is 10.2 Å². The third-order valence-electron chi connectivity index (χ3n) is 3.78. The summed E-state index contributed by atoms with van der Waals surface area (Å²) in [6, 6.07) is 13.2. The summed E-state index contributed by atoms with van der Waals surface area (Å²) in [5.41, 5.74) is 2.51. The highest BCUT2D eigenvalue weighted by Gasteiger charge is 2.11. The summed E-state index contributed by atoms with van der Waals surface area (Å²) in [6.45, 7) is 5.69. The van der Waals surface area contributed by atoms with Crippen LogP contribution in [0.3, 0.4) is 0 Å². The second-order valence-corrected chi connectivity index (χ2v) is 7.02. The van der Waals surface area contributed by atoms with Crippen LogP contribution in [0.1, 0.15) is 22.8 Å². The van der Waals surface area contributed by atoms with Gasteiger partial charge in [-0.2, -0.15) is 4.99 Å². The zero-order chi connectivity index (χ0) is 17.8. The van der Waals surface area contributed by atoms with Crippen LogP contribution >= 0.6 is 22.9 Å². The van der Waals surface area contributed by atoms with E-state index in [1.807, 2.05) is 54.8 Å². The second kappa shape index (κ2) is 7.95. The van der Waals surface area contributed by atoms with Gasteiger partial charge >= 0.3 is 0 Å². The molecule has 0 spiro atoms. The summed E-state index contributed by atoms with van der Waals surface area (Å²) in [5.74, 6) is -0.253. The SMILES string of the molecule is CCOCCn1c(=NC(=O)c2cccc(C)c2)sc2cccc(Cl)c21. The molecule has 1 amide bonds. The van der Waals surface area contributed by atoms with Crippen LogP contribution in [0.5, 0.6) is 0 Å². The van der Waals surface area contributed by atoms with Crippen LogP contribution in [-0.2, 0) is 11.3 Å². The Bertz CT molecular complexity index is 975.